The van der Waals surface area contributed by atoms with Crippen LogP contribution in [-0.4, -0.2) is 23.1 Å². The highest BCUT2D eigenvalue weighted by Gasteiger charge is 2.24. The second-order valence-corrected chi connectivity index (χ2v) is 6.02. The Labute approximate surface area is 128 Å². The molecule has 3 N–H and O–H groups in total. The zero-order valence-electron chi connectivity index (χ0n) is 12.2. The lowest BCUT2D eigenvalue weighted by Gasteiger charge is -2.18. The van der Waals surface area contributed by atoms with Crippen molar-refractivity contribution in [1.82, 2.24) is 10.5 Å². The summed E-state index contributed by atoms with van der Waals surface area (Å²) in [4.78, 5) is 12.4. The Bertz CT molecular complexity index is 659. The molecule has 0 saturated heterocycles. The van der Waals surface area contributed by atoms with E-state index in [1.165, 1.54) is 0 Å². The molecule has 5 nitrogen and oxygen atoms in total. The maximum atomic E-state index is 12.4. The van der Waals surface area contributed by atoms with Crippen LogP contribution in [0.4, 0.5) is 0 Å². The molecule has 0 atom stereocenters. The highest BCUT2D eigenvalue weighted by Crippen LogP contribution is 2.30. The van der Waals surface area contributed by atoms with Crippen molar-refractivity contribution in [1.29, 1.82) is 0 Å². The molecule has 2 aromatic rings. The van der Waals surface area contributed by atoms with Gasteiger partial charge in [-0.25, -0.2) is 0 Å². The predicted octanol–water partition coefficient (Wildman–Crippen LogP) is 2.77. The number of hydrogen-bond acceptors (Lipinski definition) is 4. The third kappa shape index (κ3) is 3.62. The van der Waals surface area contributed by atoms with E-state index >= 15 is 0 Å². The molecule has 0 unspecified atom stereocenters. The van der Waals surface area contributed by atoms with E-state index in [2.05, 4.69) is 10.5 Å². The molecule has 0 aliphatic carbocycles. The predicted molar refractivity (Wildman–Crippen MR) is 82.3 cm³/mol. The zero-order chi connectivity index (χ0) is 15.6. The summed E-state index contributed by atoms with van der Waals surface area (Å²) in [7, 11) is 0. The third-order valence-electron chi connectivity index (χ3n) is 2.92. The zero-order valence-corrected chi connectivity index (χ0v) is 13.0. The molecule has 1 amide bonds. The standard InChI is InChI=1S/C15H18ClN3O2/c1-9-12(14(20)18-8-15(2,3)17)13(19-21-9)10-6-4-5-7-11(10)16/h4-7H,8,17H2,1-3H3,(H,18,20). The fraction of sp³-hybridized carbons (Fsp3) is 0.333. The highest BCUT2D eigenvalue weighted by molar-refractivity contribution is 6.33. The number of benzene rings is 1. The SMILES string of the molecule is Cc1onc(-c2ccccc2Cl)c1C(=O)NCC(C)(C)N. The smallest absolute Gasteiger partial charge is 0.257 e. The number of rotatable bonds is 4. The van der Waals surface area contributed by atoms with E-state index in [4.69, 9.17) is 21.9 Å². The summed E-state index contributed by atoms with van der Waals surface area (Å²) in [5, 5.41) is 7.26. The van der Waals surface area contributed by atoms with E-state index in [0.717, 1.165) is 0 Å². The highest BCUT2D eigenvalue weighted by atomic mass is 35.5. The number of nitrogens with two attached hydrogens (primary N) is 1. The van der Waals surface area contributed by atoms with Gasteiger partial charge in [0.05, 0.1) is 5.02 Å². The molecular weight excluding hydrogens is 290 g/mol. The summed E-state index contributed by atoms with van der Waals surface area (Å²) < 4.78 is 5.16. The maximum absolute atomic E-state index is 12.4. The second-order valence-electron chi connectivity index (χ2n) is 5.61. The molecule has 0 aliphatic rings. The Balaban J connectivity index is 2.35. The average molecular weight is 308 g/mol. The summed E-state index contributed by atoms with van der Waals surface area (Å²) in [6, 6.07) is 7.18. The number of aryl methyl sites for hydroxylation is 1. The monoisotopic (exact) mass is 307 g/mol. The number of amides is 1. The largest absolute Gasteiger partial charge is 0.360 e. The van der Waals surface area contributed by atoms with Crippen molar-refractivity contribution in [2.75, 3.05) is 6.54 Å². The van der Waals surface area contributed by atoms with E-state index in [-0.39, 0.29) is 5.91 Å². The van der Waals surface area contributed by atoms with E-state index in [1.54, 1.807) is 19.1 Å². The van der Waals surface area contributed by atoms with Crippen LogP contribution in [0, 0.1) is 6.92 Å². The van der Waals surface area contributed by atoms with Crippen molar-refractivity contribution in [3.05, 3.63) is 40.6 Å². The Morgan fingerprint density at radius 3 is 2.71 bits per heavy atom. The van der Waals surface area contributed by atoms with Crippen molar-refractivity contribution in [2.24, 2.45) is 5.73 Å². The molecule has 112 valence electrons. The van der Waals surface area contributed by atoms with Gasteiger partial charge >= 0.3 is 0 Å². The van der Waals surface area contributed by atoms with Crippen LogP contribution in [0.1, 0.15) is 30.0 Å². The molecule has 1 aromatic heterocycles. The van der Waals surface area contributed by atoms with Gasteiger partial charge in [-0.2, -0.15) is 0 Å². The van der Waals surface area contributed by atoms with Crippen LogP contribution in [0.25, 0.3) is 11.3 Å². The molecule has 1 heterocycles. The van der Waals surface area contributed by atoms with Gasteiger partial charge in [0.25, 0.3) is 5.91 Å². The molecule has 0 aliphatic heterocycles. The molecule has 0 spiro atoms. The van der Waals surface area contributed by atoms with Crippen molar-refractivity contribution < 1.29 is 9.32 Å². The summed E-state index contributed by atoms with van der Waals surface area (Å²) in [5.41, 5.74) is 6.86. The molecule has 1 aromatic carbocycles. The minimum absolute atomic E-state index is 0.276. The van der Waals surface area contributed by atoms with Gasteiger partial charge in [-0.05, 0) is 26.8 Å². The number of carbonyl (C=O) groups is 1. The van der Waals surface area contributed by atoms with E-state index in [0.29, 0.717) is 34.1 Å². The van der Waals surface area contributed by atoms with Crippen LogP contribution in [0.2, 0.25) is 5.02 Å². The molecule has 0 saturated carbocycles. The van der Waals surface area contributed by atoms with E-state index < -0.39 is 5.54 Å². The summed E-state index contributed by atoms with van der Waals surface area (Å²) >= 11 is 6.16. The lowest BCUT2D eigenvalue weighted by Crippen LogP contribution is -2.45. The average Bonchev–Trinajstić information content (AvgIpc) is 2.77. The molecular formula is C15H18ClN3O2. The van der Waals surface area contributed by atoms with Gasteiger partial charge < -0.3 is 15.6 Å². The van der Waals surface area contributed by atoms with Crippen molar-refractivity contribution in [3.63, 3.8) is 0 Å². The molecule has 0 fully saturated rings. The van der Waals surface area contributed by atoms with Crippen LogP contribution in [0.5, 0.6) is 0 Å². The lowest BCUT2D eigenvalue weighted by atomic mass is 10.0. The molecule has 2 rings (SSSR count). The first-order valence-electron chi connectivity index (χ1n) is 6.58. The quantitative estimate of drug-likeness (QED) is 0.910. The molecule has 21 heavy (non-hydrogen) atoms. The van der Waals surface area contributed by atoms with Gasteiger partial charge in [-0.15, -0.1) is 0 Å². The van der Waals surface area contributed by atoms with Crippen LogP contribution < -0.4 is 11.1 Å². The number of carbonyl (C=O) groups excluding carboxylic acids is 1. The fourth-order valence-corrected chi connectivity index (χ4v) is 2.10. The topological polar surface area (TPSA) is 81.2 Å². The minimum Gasteiger partial charge on any atom is -0.360 e. The van der Waals surface area contributed by atoms with Gasteiger partial charge in [0, 0.05) is 17.6 Å². The Morgan fingerprint density at radius 2 is 2.10 bits per heavy atom. The van der Waals surface area contributed by atoms with Crippen LogP contribution in [-0.2, 0) is 0 Å². The summed E-state index contributed by atoms with van der Waals surface area (Å²) in [6.07, 6.45) is 0. The van der Waals surface area contributed by atoms with Crippen LogP contribution in [0.15, 0.2) is 28.8 Å². The number of aromatic nitrogens is 1. The normalized spacial score (nSPS) is 11.5. The number of halogens is 1. The number of hydrogen-bond donors (Lipinski definition) is 2. The van der Waals surface area contributed by atoms with Crippen molar-refractivity contribution >= 4 is 17.5 Å². The first-order valence-corrected chi connectivity index (χ1v) is 6.95. The van der Waals surface area contributed by atoms with Crippen LogP contribution in [0.3, 0.4) is 0 Å². The van der Waals surface area contributed by atoms with Crippen molar-refractivity contribution in [3.8, 4) is 11.3 Å². The third-order valence-corrected chi connectivity index (χ3v) is 3.25. The van der Waals surface area contributed by atoms with Gasteiger partial charge in [-0.3, -0.25) is 4.79 Å². The van der Waals surface area contributed by atoms with Crippen molar-refractivity contribution in [2.45, 2.75) is 26.3 Å². The minimum atomic E-state index is -0.495. The fourth-order valence-electron chi connectivity index (χ4n) is 1.87. The first-order chi connectivity index (χ1) is 9.79. The molecule has 6 heteroatoms. The van der Waals surface area contributed by atoms with E-state index in [9.17, 15) is 4.79 Å². The lowest BCUT2D eigenvalue weighted by molar-refractivity contribution is 0.0945. The second kappa shape index (κ2) is 5.87. The van der Waals surface area contributed by atoms with Gasteiger partial charge in [0.2, 0.25) is 0 Å². The Kier molecular flexibility index (Phi) is 4.34. The molecule has 0 radical (unpaired) electrons. The molecule has 0 bridgehead atoms. The summed E-state index contributed by atoms with van der Waals surface area (Å²) in [6.45, 7) is 5.71. The van der Waals surface area contributed by atoms with Crippen LogP contribution >= 0.6 is 11.6 Å². The number of nitrogens with one attached hydrogen (secondary N) is 1. The van der Waals surface area contributed by atoms with E-state index in [1.807, 2.05) is 26.0 Å². The Hall–Kier alpha value is -1.85. The van der Waals surface area contributed by atoms with Gasteiger partial charge in [-0.1, -0.05) is 35.0 Å². The Morgan fingerprint density at radius 1 is 1.43 bits per heavy atom. The van der Waals surface area contributed by atoms with Gasteiger partial charge in [0.15, 0.2) is 0 Å². The number of nitrogens with zero attached hydrogens (tertiary/aromatic N) is 1. The first kappa shape index (κ1) is 15.5. The maximum Gasteiger partial charge on any atom is 0.257 e. The van der Waals surface area contributed by atoms with Gasteiger partial charge in [0.1, 0.15) is 17.0 Å². The summed E-state index contributed by atoms with van der Waals surface area (Å²) in [5.74, 6) is 0.166.